The van der Waals surface area contributed by atoms with Crippen molar-refractivity contribution in [1.82, 2.24) is 4.31 Å². The van der Waals surface area contributed by atoms with E-state index < -0.39 is 10.0 Å². The lowest BCUT2D eigenvalue weighted by Gasteiger charge is -2.33. The van der Waals surface area contributed by atoms with Gasteiger partial charge in [0.05, 0.1) is 5.75 Å². The molecule has 5 heteroatoms. The molecule has 14 heavy (non-hydrogen) atoms. The van der Waals surface area contributed by atoms with E-state index in [1.165, 1.54) is 0 Å². The summed E-state index contributed by atoms with van der Waals surface area (Å²) in [6.45, 7) is 2.61. The molecule has 1 rings (SSSR count). The molecule has 1 saturated heterocycles. The van der Waals surface area contributed by atoms with Gasteiger partial charge in [0.15, 0.2) is 0 Å². The van der Waals surface area contributed by atoms with E-state index in [0.29, 0.717) is 13.0 Å². The van der Waals surface area contributed by atoms with Gasteiger partial charge in [0.1, 0.15) is 0 Å². The molecule has 1 aliphatic heterocycles. The van der Waals surface area contributed by atoms with E-state index in [4.69, 9.17) is 0 Å². The summed E-state index contributed by atoms with van der Waals surface area (Å²) in [5.74, 6) is 0.288. The van der Waals surface area contributed by atoms with Gasteiger partial charge in [0.25, 0.3) is 0 Å². The molecule has 0 spiro atoms. The van der Waals surface area contributed by atoms with Crippen LogP contribution < -0.4 is 0 Å². The average molecular weight is 284 g/mol. The summed E-state index contributed by atoms with van der Waals surface area (Å²) < 4.78 is 25.4. The highest BCUT2D eigenvalue weighted by Gasteiger charge is 2.30. The van der Waals surface area contributed by atoms with Gasteiger partial charge in [-0.3, -0.25) is 0 Å². The van der Waals surface area contributed by atoms with Crippen molar-refractivity contribution in [1.29, 1.82) is 0 Å². The van der Waals surface area contributed by atoms with Crippen molar-refractivity contribution in [2.45, 2.75) is 38.6 Å². The van der Waals surface area contributed by atoms with Gasteiger partial charge < -0.3 is 0 Å². The molecule has 3 nitrogen and oxygen atoms in total. The summed E-state index contributed by atoms with van der Waals surface area (Å²) in [6.07, 6.45) is 3.85. The molecule has 0 amide bonds. The number of nitrogens with zero attached hydrogens (tertiary/aromatic N) is 1. The van der Waals surface area contributed by atoms with Gasteiger partial charge in [-0.2, -0.15) is 4.31 Å². The predicted octanol–water partition coefficient (Wildman–Crippen LogP) is 1.98. The van der Waals surface area contributed by atoms with E-state index >= 15 is 0 Å². The zero-order valence-corrected chi connectivity index (χ0v) is 11.0. The maximum Gasteiger partial charge on any atom is 0.214 e. The number of sulfonamides is 1. The summed E-state index contributed by atoms with van der Waals surface area (Å²) in [6, 6.07) is 0.181. The fraction of sp³-hybridized carbons (Fsp3) is 1.00. The van der Waals surface area contributed by atoms with Crippen LogP contribution >= 0.6 is 15.9 Å². The lowest BCUT2D eigenvalue weighted by atomic mass is 10.1. The second-order valence-corrected chi connectivity index (χ2v) is 6.42. The number of hydrogen-bond acceptors (Lipinski definition) is 2. The van der Waals surface area contributed by atoms with Crippen LogP contribution in [0, 0.1) is 0 Å². The minimum Gasteiger partial charge on any atom is -0.212 e. The summed E-state index contributed by atoms with van der Waals surface area (Å²) in [5.41, 5.74) is 0. The average Bonchev–Trinajstić information content (AvgIpc) is 2.18. The van der Waals surface area contributed by atoms with Gasteiger partial charge >= 0.3 is 0 Å². The Balaban J connectivity index is 2.72. The van der Waals surface area contributed by atoms with Crippen LogP contribution in [-0.2, 0) is 10.0 Å². The van der Waals surface area contributed by atoms with Crippen molar-refractivity contribution >= 4 is 26.0 Å². The van der Waals surface area contributed by atoms with Crippen molar-refractivity contribution in [2.24, 2.45) is 0 Å². The molecular weight excluding hydrogens is 266 g/mol. The first kappa shape index (κ1) is 12.5. The normalized spacial score (nSPS) is 25.1. The quantitative estimate of drug-likeness (QED) is 0.740. The molecule has 84 valence electrons. The Morgan fingerprint density at radius 3 is 2.71 bits per heavy atom. The summed E-state index contributed by atoms with van der Waals surface area (Å²) in [7, 11) is -2.99. The third kappa shape index (κ3) is 2.94. The molecule has 0 aliphatic carbocycles. The van der Waals surface area contributed by atoms with E-state index in [2.05, 4.69) is 15.9 Å². The number of rotatable bonds is 4. The van der Waals surface area contributed by atoms with Gasteiger partial charge in [-0.1, -0.05) is 29.3 Å². The van der Waals surface area contributed by atoms with Gasteiger partial charge in [0.2, 0.25) is 10.0 Å². The van der Waals surface area contributed by atoms with Gasteiger partial charge in [0, 0.05) is 17.9 Å². The van der Waals surface area contributed by atoms with Crippen molar-refractivity contribution < 1.29 is 8.42 Å². The third-order valence-electron chi connectivity index (χ3n) is 2.57. The number of alkyl halides is 1. The lowest BCUT2D eigenvalue weighted by molar-refractivity contribution is 0.273. The standard InChI is InChI=1S/C9H18BrNO2S/c1-2-7-14(12,13)11-6-4-3-5-9(11)8-10/h9H,2-8H2,1H3. The van der Waals surface area contributed by atoms with Crippen molar-refractivity contribution in [3.05, 3.63) is 0 Å². The van der Waals surface area contributed by atoms with Crippen LogP contribution in [0.3, 0.4) is 0 Å². The van der Waals surface area contributed by atoms with Crippen LogP contribution in [0.15, 0.2) is 0 Å². The van der Waals surface area contributed by atoms with E-state index in [-0.39, 0.29) is 11.8 Å². The predicted molar refractivity (Wildman–Crippen MR) is 62.2 cm³/mol. The molecular formula is C9H18BrNO2S. The molecule has 1 heterocycles. The molecule has 0 aromatic carbocycles. The highest BCUT2D eigenvalue weighted by molar-refractivity contribution is 9.09. The minimum atomic E-state index is -2.99. The largest absolute Gasteiger partial charge is 0.214 e. The smallest absolute Gasteiger partial charge is 0.212 e. The van der Waals surface area contributed by atoms with Crippen LogP contribution in [0.5, 0.6) is 0 Å². The van der Waals surface area contributed by atoms with Crippen molar-refractivity contribution in [3.63, 3.8) is 0 Å². The summed E-state index contributed by atoms with van der Waals surface area (Å²) in [5, 5.41) is 0.760. The Labute approximate surface area is 95.0 Å². The first-order chi connectivity index (χ1) is 6.61. The lowest BCUT2D eigenvalue weighted by Crippen LogP contribution is -2.45. The Bertz CT molecular complexity index is 266. The Morgan fingerprint density at radius 2 is 2.14 bits per heavy atom. The van der Waals surface area contributed by atoms with Gasteiger partial charge in [-0.25, -0.2) is 8.42 Å². The third-order valence-corrected chi connectivity index (χ3v) is 5.44. The molecule has 1 unspecified atom stereocenters. The highest BCUT2D eigenvalue weighted by atomic mass is 79.9. The zero-order valence-electron chi connectivity index (χ0n) is 8.58. The molecule has 0 aromatic heterocycles. The molecule has 1 fully saturated rings. The Hall–Kier alpha value is 0.390. The molecule has 1 atom stereocenters. The highest BCUT2D eigenvalue weighted by Crippen LogP contribution is 2.22. The van der Waals surface area contributed by atoms with E-state index in [1.807, 2.05) is 6.92 Å². The maximum atomic E-state index is 11.9. The number of hydrogen-bond donors (Lipinski definition) is 0. The fourth-order valence-electron chi connectivity index (χ4n) is 1.87. The summed E-state index contributed by atoms with van der Waals surface area (Å²) >= 11 is 3.39. The van der Waals surface area contributed by atoms with Crippen molar-refractivity contribution in [2.75, 3.05) is 17.6 Å². The van der Waals surface area contributed by atoms with Crippen molar-refractivity contribution in [3.8, 4) is 0 Å². The fourth-order valence-corrected chi connectivity index (χ4v) is 4.53. The second-order valence-electron chi connectivity index (χ2n) is 3.73. The molecule has 0 radical (unpaired) electrons. The van der Waals surface area contributed by atoms with Crippen LogP contribution in [0.2, 0.25) is 0 Å². The summed E-state index contributed by atoms with van der Waals surface area (Å²) in [4.78, 5) is 0. The zero-order chi connectivity index (χ0) is 10.6. The maximum absolute atomic E-state index is 11.9. The minimum absolute atomic E-state index is 0.181. The topological polar surface area (TPSA) is 37.4 Å². The van der Waals surface area contributed by atoms with E-state index in [0.717, 1.165) is 24.6 Å². The van der Waals surface area contributed by atoms with Gasteiger partial charge in [-0.05, 0) is 19.3 Å². The molecule has 1 aliphatic rings. The first-order valence-corrected chi connectivity index (χ1v) is 7.90. The molecule has 0 saturated carbocycles. The monoisotopic (exact) mass is 283 g/mol. The number of piperidine rings is 1. The molecule has 0 bridgehead atoms. The molecule has 0 aromatic rings. The number of halogens is 1. The Kier molecular flexibility index (Phi) is 4.87. The first-order valence-electron chi connectivity index (χ1n) is 5.17. The molecule has 0 N–H and O–H groups in total. The van der Waals surface area contributed by atoms with E-state index in [9.17, 15) is 8.42 Å². The van der Waals surface area contributed by atoms with Gasteiger partial charge in [-0.15, -0.1) is 0 Å². The van der Waals surface area contributed by atoms with E-state index in [1.54, 1.807) is 4.31 Å². The van der Waals surface area contributed by atoms with Crippen LogP contribution in [0.1, 0.15) is 32.6 Å². The van der Waals surface area contributed by atoms with Crippen LogP contribution in [0.25, 0.3) is 0 Å². The second kappa shape index (κ2) is 5.47. The van der Waals surface area contributed by atoms with Crippen LogP contribution in [-0.4, -0.2) is 36.4 Å². The Morgan fingerprint density at radius 1 is 1.43 bits per heavy atom. The van der Waals surface area contributed by atoms with Crippen LogP contribution in [0.4, 0.5) is 0 Å². The SMILES string of the molecule is CCCS(=O)(=O)N1CCCCC1CBr.